The van der Waals surface area contributed by atoms with Crippen LogP contribution in [0.3, 0.4) is 0 Å². The van der Waals surface area contributed by atoms with Crippen molar-refractivity contribution >= 4 is 35.0 Å². The van der Waals surface area contributed by atoms with Gasteiger partial charge in [-0.3, -0.25) is 9.36 Å². The molecule has 6 nitrogen and oxygen atoms in total. The number of carbonyl (C=O) groups excluding carboxylic acids is 1. The molecule has 3 aromatic carbocycles. The van der Waals surface area contributed by atoms with Crippen molar-refractivity contribution in [3.8, 4) is 23.1 Å². The number of para-hydroxylation sites is 1. The van der Waals surface area contributed by atoms with Gasteiger partial charge in [-0.15, -0.1) is 10.2 Å². The van der Waals surface area contributed by atoms with E-state index in [0.717, 1.165) is 22.5 Å². The number of amides is 1. The third-order valence-corrected chi connectivity index (χ3v) is 6.30. The largest absolute Gasteiger partial charge is 0.311 e. The molecule has 1 amide bonds. The van der Waals surface area contributed by atoms with Crippen molar-refractivity contribution < 1.29 is 4.79 Å². The summed E-state index contributed by atoms with van der Waals surface area (Å²) in [5, 5.41) is 19.1. The lowest BCUT2D eigenvalue weighted by Gasteiger charge is -2.21. The smallest absolute Gasteiger partial charge is 0.237 e. The second-order valence-corrected chi connectivity index (χ2v) is 8.94. The van der Waals surface area contributed by atoms with Gasteiger partial charge in [-0.25, -0.2) is 0 Å². The van der Waals surface area contributed by atoms with Crippen molar-refractivity contribution in [3.63, 3.8) is 0 Å². The van der Waals surface area contributed by atoms with Crippen LogP contribution < -0.4 is 4.90 Å². The summed E-state index contributed by atoms with van der Waals surface area (Å²) >= 11 is 7.39. The summed E-state index contributed by atoms with van der Waals surface area (Å²) in [5.41, 5.74) is 3.66. The number of anilines is 1. The van der Waals surface area contributed by atoms with Gasteiger partial charge >= 0.3 is 0 Å². The lowest BCUT2D eigenvalue weighted by molar-refractivity contribution is -0.116. The predicted octanol–water partition coefficient (Wildman–Crippen LogP) is 5.94. The number of nitriles is 1. The van der Waals surface area contributed by atoms with E-state index in [-0.39, 0.29) is 18.1 Å². The van der Waals surface area contributed by atoms with Crippen LogP contribution in [0.2, 0.25) is 5.02 Å². The van der Waals surface area contributed by atoms with E-state index in [4.69, 9.17) is 16.9 Å². The quantitative estimate of drug-likeness (QED) is 0.288. The molecule has 0 aliphatic heterocycles. The van der Waals surface area contributed by atoms with Crippen LogP contribution in [0.4, 0.5) is 5.69 Å². The molecule has 0 unspecified atom stereocenters. The van der Waals surface area contributed by atoms with Gasteiger partial charge in [-0.1, -0.05) is 53.7 Å². The van der Waals surface area contributed by atoms with Crippen molar-refractivity contribution in [1.82, 2.24) is 14.8 Å². The summed E-state index contributed by atoms with van der Waals surface area (Å²) in [4.78, 5) is 14.8. The van der Waals surface area contributed by atoms with Crippen LogP contribution in [-0.4, -0.2) is 33.0 Å². The molecule has 0 radical (unpaired) electrons. The minimum absolute atomic E-state index is 0.0988. The van der Waals surface area contributed by atoms with Crippen molar-refractivity contribution in [2.24, 2.45) is 0 Å². The molecule has 0 spiro atoms. The summed E-state index contributed by atoms with van der Waals surface area (Å²) in [6, 6.07) is 27.0. The van der Waals surface area contributed by atoms with E-state index in [1.54, 1.807) is 4.90 Å². The maximum atomic E-state index is 13.2. The highest BCUT2D eigenvalue weighted by Gasteiger charge is 2.20. The highest BCUT2D eigenvalue weighted by Crippen LogP contribution is 2.29. The Hall–Kier alpha value is -3.60. The molecule has 0 N–H and O–H groups in total. The zero-order valence-electron chi connectivity index (χ0n) is 18.6. The molecule has 4 aromatic rings. The van der Waals surface area contributed by atoms with Gasteiger partial charge in [-0.2, -0.15) is 5.26 Å². The lowest BCUT2D eigenvalue weighted by Crippen LogP contribution is -2.33. The Bertz CT molecular complexity index is 1320. The second-order valence-electron chi connectivity index (χ2n) is 7.57. The first-order valence-electron chi connectivity index (χ1n) is 10.7. The number of carbonyl (C=O) groups is 1. The predicted molar refractivity (Wildman–Crippen MR) is 136 cm³/mol. The van der Waals surface area contributed by atoms with Crippen molar-refractivity contribution in [2.45, 2.75) is 18.5 Å². The van der Waals surface area contributed by atoms with E-state index >= 15 is 0 Å². The first kappa shape index (κ1) is 23.6. The second kappa shape index (κ2) is 11.0. The van der Waals surface area contributed by atoms with Crippen LogP contribution in [-0.2, 0) is 4.79 Å². The number of aryl methyl sites for hydroxylation is 1. The van der Waals surface area contributed by atoms with Crippen molar-refractivity contribution in [1.29, 1.82) is 5.26 Å². The summed E-state index contributed by atoms with van der Waals surface area (Å²) in [5.74, 6) is 0.727. The Kier molecular flexibility index (Phi) is 7.63. The zero-order valence-corrected chi connectivity index (χ0v) is 20.1. The van der Waals surface area contributed by atoms with Gasteiger partial charge in [0.2, 0.25) is 5.91 Å². The number of rotatable bonds is 8. The fourth-order valence-corrected chi connectivity index (χ4v) is 4.47. The monoisotopic (exact) mass is 487 g/mol. The molecule has 0 saturated heterocycles. The maximum absolute atomic E-state index is 13.2. The van der Waals surface area contributed by atoms with Crippen molar-refractivity contribution in [2.75, 3.05) is 17.2 Å². The van der Waals surface area contributed by atoms with E-state index in [9.17, 15) is 4.79 Å². The molecule has 1 aromatic heterocycles. The van der Waals surface area contributed by atoms with Gasteiger partial charge in [0.1, 0.15) is 0 Å². The lowest BCUT2D eigenvalue weighted by atomic mass is 10.2. The maximum Gasteiger partial charge on any atom is 0.237 e. The summed E-state index contributed by atoms with van der Waals surface area (Å²) in [6.07, 6.45) is 0.255. The van der Waals surface area contributed by atoms with Crippen LogP contribution in [0, 0.1) is 18.3 Å². The third-order valence-electron chi connectivity index (χ3n) is 5.14. The molecule has 0 fully saturated rings. The highest BCUT2D eigenvalue weighted by molar-refractivity contribution is 7.99. The summed E-state index contributed by atoms with van der Waals surface area (Å²) in [7, 11) is 0. The molecule has 0 saturated carbocycles. The average molecular weight is 488 g/mol. The fraction of sp³-hybridized carbons (Fsp3) is 0.154. The van der Waals surface area contributed by atoms with Gasteiger partial charge in [0.05, 0.1) is 18.2 Å². The van der Waals surface area contributed by atoms with Gasteiger partial charge < -0.3 is 4.90 Å². The molecule has 8 heteroatoms. The first-order valence-corrected chi connectivity index (χ1v) is 12.1. The molecule has 1 heterocycles. The normalized spacial score (nSPS) is 10.6. The molecule has 170 valence electrons. The molecule has 4 rings (SSSR count). The van der Waals surface area contributed by atoms with Gasteiger partial charge in [-0.05, 0) is 61.0 Å². The first-order chi connectivity index (χ1) is 16.6. The number of hydrogen-bond donors (Lipinski definition) is 0. The van der Waals surface area contributed by atoms with E-state index in [2.05, 4.69) is 22.3 Å². The fourth-order valence-electron chi connectivity index (χ4n) is 3.52. The Morgan fingerprint density at radius 2 is 1.82 bits per heavy atom. The van der Waals surface area contributed by atoms with Crippen LogP contribution in [0.1, 0.15) is 12.0 Å². The van der Waals surface area contributed by atoms with Crippen LogP contribution >= 0.6 is 23.4 Å². The number of aromatic nitrogens is 3. The standard InChI is InChI=1S/C26H22ClN5OS/c1-19-7-5-10-23(17-19)32-25(20-11-13-21(27)14-12-20)29-30-26(32)34-18-24(33)31(16-6-15-28)22-8-3-2-4-9-22/h2-5,7-14,17H,6,16,18H2,1H3. The number of hydrogen-bond acceptors (Lipinski definition) is 5. The highest BCUT2D eigenvalue weighted by atomic mass is 35.5. The molecular weight excluding hydrogens is 466 g/mol. The minimum Gasteiger partial charge on any atom is -0.311 e. The Morgan fingerprint density at radius 1 is 1.06 bits per heavy atom. The summed E-state index contributed by atoms with van der Waals surface area (Å²) in [6.45, 7) is 2.36. The molecule has 0 bridgehead atoms. The van der Waals surface area contributed by atoms with E-state index in [0.29, 0.717) is 22.5 Å². The van der Waals surface area contributed by atoms with Crippen LogP contribution in [0.15, 0.2) is 84.0 Å². The topological polar surface area (TPSA) is 74.8 Å². The Balaban J connectivity index is 1.64. The van der Waals surface area contributed by atoms with E-state index in [1.165, 1.54) is 11.8 Å². The molecule has 0 atom stereocenters. The van der Waals surface area contributed by atoms with Crippen LogP contribution in [0.25, 0.3) is 17.1 Å². The number of thioether (sulfide) groups is 1. The van der Waals surface area contributed by atoms with Gasteiger partial charge in [0.15, 0.2) is 11.0 Å². The molecule has 0 aliphatic carbocycles. The van der Waals surface area contributed by atoms with Gasteiger partial charge in [0.25, 0.3) is 0 Å². The zero-order chi connectivity index (χ0) is 23.9. The molecule has 0 aliphatic rings. The Morgan fingerprint density at radius 3 is 2.53 bits per heavy atom. The molecular formula is C26H22ClN5OS. The molecule has 34 heavy (non-hydrogen) atoms. The Labute approximate surface area is 207 Å². The van der Waals surface area contributed by atoms with Crippen LogP contribution in [0.5, 0.6) is 0 Å². The SMILES string of the molecule is Cc1cccc(-n2c(SCC(=O)N(CCC#N)c3ccccc3)nnc2-c2ccc(Cl)cc2)c1. The number of halogens is 1. The average Bonchev–Trinajstić information content (AvgIpc) is 3.28. The van der Waals surface area contributed by atoms with E-state index in [1.807, 2.05) is 84.3 Å². The number of nitrogens with zero attached hydrogens (tertiary/aromatic N) is 5. The summed E-state index contributed by atoms with van der Waals surface area (Å²) < 4.78 is 1.95. The third kappa shape index (κ3) is 5.48. The van der Waals surface area contributed by atoms with Crippen molar-refractivity contribution in [3.05, 3.63) is 89.4 Å². The van der Waals surface area contributed by atoms with Gasteiger partial charge in [0, 0.05) is 28.5 Å². The minimum atomic E-state index is -0.0988. The van der Waals surface area contributed by atoms with E-state index < -0.39 is 0 Å². The number of benzene rings is 3.